The monoisotopic (exact) mass is 335 g/mol. The molecule has 0 N–H and O–H groups in total. The minimum atomic E-state index is 0. The van der Waals surface area contributed by atoms with Crippen LogP contribution in [0.15, 0.2) is 21.0 Å². The van der Waals surface area contributed by atoms with Gasteiger partial charge in [-0.05, 0) is 0 Å². The summed E-state index contributed by atoms with van der Waals surface area (Å²) in [4.78, 5) is 0. The van der Waals surface area contributed by atoms with Gasteiger partial charge in [-0.25, -0.2) is 0 Å². The molecule has 0 saturated heterocycles. The normalized spacial score (nSPS) is 22.7. The first-order valence-corrected chi connectivity index (χ1v) is 7.13. The summed E-state index contributed by atoms with van der Waals surface area (Å²) in [5, 5.41) is 0. The second kappa shape index (κ2) is 7.39. The van der Waals surface area contributed by atoms with E-state index in [1.54, 1.807) is 33.6 Å². The Hall–Kier alpha value is 0.943. The molecule has 0 amide bonds. The van der Waals surface area contributed by atoms with Gasteiger partial charge in [-0.15, -0.1) is 0 Å². The second-order valence-electron chi connectivity index (χ2n) is 4.69. The smallest absolute Gasteiger partial charge is 1.00 e. The molecule has 0 aromatic heterocycles. The molecule has 89 valence electrons. The first-order valence-electron chi connectivity index (χ1n) is 5.90. The van der Waals surface area contributed by atoms with Crippen LogP contribution in [0.2, 0.25) is 0 Å². The summed E-state index contributed by atoms with van der Waals surface area (Å²) < 4.78 is 1.72. The quantitative estimate of drug-likeness (QED) is 0.553. The van der Waals surface area contributed by atoms with Gasteiger partial charge in [0.2, 0.25) is 0 Å². The van der Waals surface area contributed by atoms with E-state index in [4.69, 9.17) is 0 Å². The van der Waals surface area contributed by atoms with Gasteiger partial charge in [0.15, 0.2) is 0 Å². The standard InChI is InChI=1S/C13H19.2ClH.Zr/c1-2-13(10-6-3-7-11-13)12-8-4-5-9-12;;;/h4,8H,2-3,5-7,10-11H2,1H3;2*1H;/q;;;+2/p-2. The molecule has 0 heterocycles. The summed E-state index contributed by atoms with van der Waals surface area (Å²) in [5.41, 5.74) is 2.32. The van der Waals surface area contributed by atoms with Gasteiger partial charge in [0.05, 0.1) is 0 Å². The third kappa shape index (κ3) is 3.24. The van der Waals surface area contributed by atoms with Crippen LogP contribution >= 0.6 is 0 Å². The average molecular weight is 337 g/mol. The average Bonchev–Trinajstić information content (AvgIpc) is 2.66. The predicted molar refractivity (Wildman–Crippen MR) is 56.6 cm³/mol. The first-order chi connectivity index (χ1) is 6.78. The summed E-state index contributed by atoms with van der Waals surface area (Å²) in [6, 6.07) is 0. The van der Waals surface area contributed by atoms with E-state index < -0.39 is 0 Å². The van der Waals surface area contributed by atoms with Crippen LogP contribution in [0, 0.1) is 5.41 Å². The van der Waals surface area contributed by atoms with Crippen molar-refractivity contribution in [3.8, 4) is 0 Å². The van der Waals surface area contributed by atoms with Crippen molar-refractivity contribution in [2.45, 2.75) is 51.9 Å². The van der Waals surface area contributed by atoms with E-state index in [-0.39, 0.29) is 24.8 Å². The van der Waals surface area contributed by atoms with Crippen molar-refractivity contribution in [1.29, 1.82) is 0 Å². The van der Waals surface area contributed by atoms with E-state index in [1.165, 1.54) is 44.9 Å². The number of rotatable bonds is 2. The Labute approximate surface area is 127 Å². The Morgan fingerprint density at radius 1 is 1.19 bits per heavy atom. The van der Waals surface area contributed by atoms with E-state index in [0.717, 1.165) is 0 Å². The maximum Gasteiger partial charge on any atom is -1.00 e. The van der Waals surface area contributed by atoms with Gasteiger partial charge in [0, 0.05) is 0 Å². The molecule has 0 aromatic carbocycles. The van der Waals surface area contributed by atoms with Gasteiger partial charge in [0.1, 0.15) is 0 Å². The summed E-state index contributed by atoms with van der Waals surface area (Å²) in [5.74, 6) is 0. The molecule has 2 aliphatic carbocycles. The molecule has 3 heteroatoms. The molecule has 2 aliphatic rings. The summed E-state index contributed by atoms with van der Waals surface area (Å²) in [7, 11) is 0. The second-order valence-corrected chi connectivity index (χ2v) is 6.18. The maximum atomic E-state index is 2.43. The molecule has 1 saturated carbocycles. The molecule has 0 radical (unpaired) electrons. The molecule has 0 atom stereocenters. The van der Waals surface area contributed by atoms with E-state index in [9.17, 15) is 0 Å². The molecule has 0 bridgehead atoms. The van der Waals surface area contributed by atoms with Crippen LogP contribution in [0.4, 0.5) is 0 Å². The third-order valence-electron chi connectivity index (χ3n) is 3.99. The molecule has 0 aromatic rings. The van der Waals surface area contributed by atoms with Gasteiger partial charge in [-0.1, -0.05) is 0 Å². The van der Waals surface area contributed by atoms with Gasteiger partial charge in [0.25, 0.3) is 0 Å². The maximum absolute atomic E-state index is 2.43. The first kappa shape index (κ1) is 16.9. The van der Waals surface area contributed by atoms with Crippen LogP contribution < -0.4 is 24.8 Å². The Balaban J connectivity index is 0.00000112. The van der Waals surface area contributed by atoms with Crippen molar-refractivity contribution in [3.05, 3.63) is 21.0 Å². The van der Waals surface area contributed by atoms with Crippen molar-refractivity contribution < 1.29 is 49.5 Å². The summed E-state index contributed by atoms with van der Waals surface area (Å²) in [6.07, 6.45) is 14.7. The number of hydrogen-bond donors (Lipinski definition) is 0. The fraction of sp³-hybridized carbons (Fsp3) is 0.692. The number of hydrogen-bond acceptors (Lipinski definition) is 0. The fourth-order valence-corrected chi connectivity index (χ4v) is 4.19. The van der Waals surface area contributed by atoms with E-state index in [2.05, 4.69) is 19.1 Å². The largest absolute Gasteiger partial charge is 1.00 e. The molecule has 1 fully saturated rings. The van der Waals surface area contributed by atoms with Crippen LogP contribution in [-0.4, -0.2) is 0 Å². The van der Waals surface area contributed by atoms with E-state index in [1.807, 2.05) is 0 Å². The Kier molecular flexibility index (Phi) is 7.83. The van der Waals surface area contributed by atoms with Crippen LogP contribution in [0.25, 0.3) is 0 Å². The topological polar surface area (TPSA) is 0 Å². The summed E-state index contributed by atoms with van der Waals surface area (Å²) in [6.45, 7) is 2.38. The SMILES string of the molecule is CCC1(C2=[C]([Zr+2])CC=C2)CCCCC1.[Cl-].[Cl-]. The Morgan fingerprint density at radius 3 is 2.25 bits per heavy atom. The molecule has 0 aliphatic heterocycles. The van der Waals surface area contributed by atoms with E-state index in [0.29, 0.717) is 5.41 Å². The van der Waals surface area contributed by atoms with E-state index >= 15 is 0 Å². The van der Waals surface area contributed by atoms with Crippen LogP contribution in [-0.2, 0) is 24.7 Å². The Bertz CT molecular complexity index is 276. The van der Waals surface area contributed by atoms with Crippen molar-refractivity contribution in [1.82, 2.24) is 0 Å². The molecule has 0 spiro atoms. The predicted octanol–water partition coefficient (Wildman–Crippen LogP) is -1.88. The molecular formula is C13H19Cl2Zr. The molecule has 0 nitrogen and oxygen atoms in total. The van der Waals surface area contributed by atoms with Crippen molar-refractivity contribution in [3.63, 3.8) is 0 Å². The van der Waals surface area contributed by atoms with Crippen molar-refractivity contribution >= 4 is 0 Å². The zero-order chi connectivity index (χ0) is 10.0. The zero-order valence-electron chi connectivity index (χ0n) is 9.86. The van der Waals surface area contributed by atoms with Gasteiger partial charge in [-0.3, -0.25) is 0 Å². The molecule has 16 heavy (non-hydrogen) atoms. The van der Waals surface area contributed by atoms with Gasteiger partial charge in [-0.2, -0.15) is 0 Å². The molecular weight excluding hydrogens is 318 g/mol. The zero-order valence-corrected chi connectivity index (χ0v) is 13.8. The minimum absolute atomic E-state index is 0. The minimum Gasteiger partial charge on any atom is -1.00 e. The number of halogens is 2. The van der Waals surface area contributed by atoms with Gasteiger partial charge >= 0.3 is 103 Å². The van der Waals surface area contributed by atoms with Crippen molar-refractivity contribution in [2.24, 2.45) is 5.41 Å². The van der Waals surface area contributed by atoms with Gasteiger partial charge < -0.3 is 24.8 Å². The molecule has 0 unspecified atom stereocenters. The van der Waals surface area contributed by atoms with Crippen LogP contribution in [0.5, 0.6) is 0 Å². The Morgan fingerprint density at radius 2 is 1.81 bits per heavy atom. The molecule has 2 rings (SSSR count). The number of allylic oxidation sites excluding steroid dienone is 4. The summed E-state index contributed by atoms with van der Waals surface area (Å²) >= 11 is 1.64. The fourth-order valence-electron chi connectivity index (χ4n) is 3.04. The third-order valence-corrected chi connectivity index (χ3v) is 5.15. The van der Waals surface area contributed by atoms with Crippen LogP contribution in [0.1, 0.15) is 51.9 Å². The van der Waals surface area contributed by atoms with Crippen molar-refractivity contribution in [2.75, 3.05) is 0 Å². The van der Waals surface area contributed by atoms with Crippen LogP contribution in [0.3, 0.4) is 0 Å².